The first-order valence-electron chi connectivity index (χ1n) is 3.68. The van der Waals surface area contributed by atoms with Gasteiger partial charge in [0.1, 0.15) is 0 Å². The Balaban J connectivity index is 2.26. The standard InChI is InChI=1S/C7H7NO4/c9-4-1-3-2-5(10)8(3)6(4)7(11)12/h3,6H,1-2H2,(H,11,12)/t3-,6?/m0/s1. The summed E-state index contributed by atoms with van der Waals surface area (Å²) in [6.07, 6.45) is 0.540. The molecule has 2 rings (SSSR count). The molecule has 0 aromatic heterocycles. The fourth-order valence-corrected chi connectivity index (χ4v) is 1.78. The molecule has 1 N–H and O–H groups in total. The molecule has 0 aromatic carbocycles. The molecule has 0 aliphatic carbocycles. The van der Waals surface area contributed by atoms with Crippen molar-refractivity contribution in [2.45, 2.75) is 24.9 Å². The molecule has 0 radical (unpaired) electrons. The second-order valence-electron chi connectivity index (χ2n) is 3.07. The first kappa shape index (κ1) is 7.27. The Bertz CT molecular complexity index is 285. The molecule has 5 nitrogen and oxygen atoms in total. The van der Waals surface area contributed by atoms with E-state index in [2.05, 4.69) is 0 Å². The van der Waals surface area contributed by atoms with E-state index in [1.807, 2.05) is 0 Å². The quantitative estimate of drug-likeness (QED) is 0.404. The lowest BCUT2D eigenvalue weighted by atomic mass is 10.0. The van der Waals surface area contributed by atoms with Gasteiger partial charge in [0, 0.05) is 18.9 Å². The van der Waals surface area contributed by atoms with E-state index >= 15 is 0 Å². The van der Waals surface area contributed by atoms with Crippen LogP contribution in [0.3, 0.4) is 0 Å². The first-order valence-corrected chi connectivity index (χ1v) is 3.68. The molecule has 1 unspecified atom stereocenters. The number of β-lactam (4-membered cyclic amide) rings is 1. The highest BCUT2D eigenvalue weighted by Crippen LogP contribution is 2.32. The third kappa shape index (κ3) is 0.704. The van der Waals surface area contributed by atoms with Gasteiger partial charge in [-0.1, -0.05) is 0 Å². The first-order chi connectivity index (χ1) is 5.61. The summed E-state index contributed by atoms with van der Waals surface area (Å²) in [4.78, 5) is 33.6. The van der Waals surface area contributed by atoms with Crippen LogP contribution in [0, 0.1) is 0 Å². The minimum atomic E-state index is -1.21. The normalized spacial score (nSPS) is 33.2. The van der Waals surface area contributed by atoms with E-state index in [9.17, 15) is 14.4 Å². The van der Waals surface area contributed by atoms with E-state index in [-0.39, 0.29) is 24.2 Å². The summed E-state index contributed by atoms with van der Waals surface area (Å²) in [5.74, 6) is -1.79. The summed E-state index contributed by atoms with van der Waals surface area (Å²) in [5, 5.41) is 8.61. The Hall–Kier alpha value is -1.39. The average Bonchev–Trinajstić information content (AvgIpc) is 2.22. The maximum Gasteiger partial charge on any atom is 0.334 e. The van der Waals surface area contributed by atoms with Gasteiger partial charge in [0.05, 0.1) is 0 Å². The number of carboxylic acid groups (broad SMARTS) is 1. The van der Waals surface area contributed by atoms with E-state index in [0.717, 1.165) is 0 Å². The van der Waals surface area contributed by atoms with E-state index in [1.54, 1.807) is 0 Å². The molecular weight excluding hydrogens is 162 g/mol. The summed E-state index contributed by atoms with van der Waals surface area (Å²) in [7, 11) is 0. The van der Waals surface area contributed by atoms with Gasteiger partial charge >= 0.3 is 5.97 Å². The summed E-state index contributed by atoms with van der Waals surface area (Å²) in [5.41, 5.74) is 0. The molecular formula is C7H7NO4. The maximum atomic E-state index is 11.0. The van der Waals surface area contributed by atoms with E-state index in [0.29, 0.717) is 6.42 Å². The molecule has 2 fully saturated rings. The molecule has 2 aliphatic heterocycles. The van der Waals surface area contributed by atoms with Gasteiger partial charge < -0.3 is 10.0 Å². The van der Waals surface area contributed by atoms with Crippen molar-refractivity contribution in [1.29, 1.82) is 0 Å². The van der Waals surface area contributed by atoms with Gasteiger partial charge in [-0.25, -0.2) is 4.79 Å². The van der Waals surface area contributed by atoms with Crippen molar-refractivity contribution in [2.75, 3.05) is 0 Å². The zero-order valence-corrected chi connectivity index (χ0v) is 6.19. The number of ketones is 1. The van der Waals surface area contributed by atoms with Crippen LogP contribution >= 0.6 is 0 Å². The molecule has 2 saturated heterocycles. The Morgan fingerprint density at radius 3 is 2.50 bits per heavy atom. The molecule has 0 bridgehead atoms. The SMILES string of the molecule is O=C(O)C1C(=O)C[C@H]2CC(=O)N12. The Morgan fingerprint density at radius 1 is 1.42 bits per heavy atom. The number of nitrogens with zero attached hydrogens (tertiary/aromatic N) is 1. The number of carbonyl (C=O) groups excluding carboxylic acids is 2. The summed E-state index contributed by atoms with van der Waals surface area (Å²) in [6.45, 7) is 0. The van der Waals surface area contributed by atoms with Crippen LogP contribution < -0.4 is 0 Å². The van der Waals surface area contributed by atoms with Crippen molar-refractivity contribution in [3.05, 3.63) is 0 Å². The third-order valence-corrected chi connectivity index (χ3v) is 2.35. The average molecular weight is 169 g/mol. The number of rotatable bonds is 1. The van der Waals surface area contributed by atoms with E-state index in [4.69, 9.17) is 5.11 Å². The summed E-state index contributed by atoms with van der Waals surface area (Å²) in [6, 6.07) is -1.33. The number of Topliss-reactive ketones (excluding diaryl/α,β-unsaturated/α-hetero) is 1. The predicted molar refractivity (Wildman–Crippen MR) is 36.3 cm³/mol. The lowest BCUT2D eigenvalue weighted by Crippen LogP contribution is -2.55. The van der Waals surface area contributed by atoms with Crippen LogP contribution in [0.25, 0.3) is 0 Å². The Morgan fingerprint density at radius 2 is 2.08 bits per heavy atom. The minimum absolute atomic E-state index is 0.133. The summed E-state index contributed by atoms with van der Waals surface area (Å²) >= 11 is 0. The summed E-state index contributed by atoms with van der Waals surface area (Å²) < 4.78 is 0. The molecule has 12 heavy (non-hydrogen) atoms. The number of aliphatic carboxylic acids is 1. The van der Waals surface area contributed by atoms with Crippen LogP contribution in [0.5, 0.6) is 0 Å². The van der Waals surface area contributed by atoms with Gasteiger partial charge in [0.25, 0.3) is 0 Å². The molecule has 2 heterocycles. The van der Waals surface area contributed by atoms with E-state index in [1.165, 1.54) is 4.90 Å². The number of hydrogen-bond acceptors (Lipinski definition) is 3. The van der Waals surface area contributed by atoms with Gasteiger partial charge in [0.15, 0.2) is 11.8 Å². The van der Waals surface area contributed by atoms with Gasteiger partial charge in [-0.2, -0.15) is 0 Å². The largest absolute Gasteiger partial charge is 0.479 e. The lowest BCUT2D eigenvalue weighted by Gasteiger charge is -2.35. The molecule has 0 aromatic rings. The second kappa shape index (κ2) is 2.06. The Labute approximate surface area is 68.0 Å². The van der Waals surface area contributed by atoms with Gasteiger partial charge in [-0.15, -0.1) is 0 Å². The Kier molecular flexibility index (Phi) is 1.25. The number of fused-ring (bicyclic) bond motifs is 1. The fourth-order valence-electron chi connectivity index (χ4n) is 1.78. The lowest BCUT2D eigenvalue weighted by molar-refractivity contribution is -0.158. The van der Waals surface area contributed by atoms with Crippen LogP contribution in [0.4, 0.5) is 0 Å². The highest BCUT2D eigenvalue weighted by Gasteiger charge is 2.53. The monoisotopic (exact) mass is 169 g/mol. The van der Waals surface area contributed by atoms with Gasteiger partial charge in [-0.3, -0.25) is 9.59 Å². The molecule has 0 saturated carbocycles. The van der Waals surface area contributed by atoms with Crippen molar-refractivity contribution >= 4 is 17.7 Å². The molecule has 5 heteroatoms. The topological polar surface area (TPSA) is 74.7 Å². The van der Waals surface area contributed by atoms with Crippen LogP contribution in [0.2, 0.25) is 0 Å². The highest BCUT2D eigenvalue weighted by molar-refractivity contribution is 6.10. The molecule has 64 valence electrons. The van der Waals surface area contributed by atoms with Crippen LogP contribution in [0.1, 0.15) is 12.8 Å². The van der Waals surface area contributed by atoms with Crippen molar-refractivity contribution in [3.8, 4) is 0 Å². The minimum Gasteiger partial charge on any atom is -0.479 e. The molecule has 2 atom stereocenters. The van der Waals surface area contributed by atoms with Crippen LogP contribution in [0.15, 0.2) is 0 Å². The maximum absolute atomic E-state index is 11.0. The molecule has 0 spiro atoms. The van der Waals surface area contributed by atoms with Crippen molar-refractivity contribution < 1.29 is 19.5 Å². The zero-order chi connectivity index (χ0) is 8.88. The third-order valence-electron chi connectivity index (χ3n) is 2.35. The van der Waals surface area contributed by atoms with E-state index < -0.39 is 12.0 Å². The number of carboxylic acids is 1. The number of hydrogen-bond donors (Lipinski definition) is 1. The predicted octanol–water partition coefficient (Wildman–Crippen LogP) is -0.987. The van der Waals surface area contributed by atoms with Crippen LogP contribution in [-0.4, -0.2) is 39.7 Å². The number of amides is 1. The zero-order valence-electron chi connectivity index (χ0n) is 6.19. The van der Waals surface area contributed by atoms with Crippen LogP contribution in [-0.2, 0) is 14.4 Å². The fraction of sp³-hybridized carbons (Fsp3) is 0.571. The smallest absolute Gasteiger partial charge is 0.334 e. The van der Waals surface area contributed by atoms with Crippen molar-refractivity contribution in [3.63, 3.8) is 0 Å². The van der Waals surface area contributed by atoms with Crippen molar-refractivity contribution in [2.24, 2.45) is 0 Å². The second-order valence-corrected chi connectivity index (χ2v) is 3.07. The molecule has 1 amide bonds. The highest BCUT2D eigenvalue weighted by atomic mass is 16.4. The molecule has 2 aliphatic rings. The number of carbonyl (C=O) groups is 3. The van der Waals surface area contributed by atoms with Gasteiger partial charge in [0.2, 0.25) is 5.91 Å². The van der Waals surface area contributed by atoms with Gasteiger partial charge in [-0.05, 0) is 0 Å². The van der Waals surface area contributed by atoms with Crippen molar-refractivity contribution in [1.82, 2.24) is 4.90 Å².